The molecule has 8 rings (SSSR count). The molecule has 2 aromatic heterocycles. The van der Waals surface area contributed by atoms with E-state index in [1.165, 1.54) is 18.3 Å². The van der Waals surface area contributed by atoms with Gasteiger partial charge in [-0.1, -0.05) is 30.3 Å². The molecule has 1 unspecified atom stereocenters. The van der Waals surface area contributed by atoms with Crippen LogP contribution in [-0.2, 0) is 9.53 Å². The summed E-state index contributed by atoms with van der Waals surface area (Å²) >= 11 is 0. The number of alkyl halides is 1. The molecule has 4 atom stereocenters. The van der Waals surface area contributed by atoms with Crippen LogP contribution in [0.2, 0.25) is 0 Å². The van der Waals surface area contributed by atoms with Crippen molar-refractivity contribution in [2.24, 2.45) is 0 Å². The summed E-state index contributed by atoms with van der Waals surface area (Å²) in [6.07, 6.45) is 6.92. The van der Waals surface area contributed by atoms with Crippen LogP contribution < -0.4 is 9.64 Å². The van der Waals surface area contributed by atoms with Crippen molar-refractivity contribution in [2.45, 2.75) is 56.0 Å². The van der Waals surface area contributed by atoms with E-state index < -0.39 is 35.2 Å². The number of nitrogens with zero attached hydrogens (tertiary/aromatic N) is 8. The average Bonchev–Trinajstić information content (AvgIpc) is 3.89. The number of amides is 1. The maximum atomic E-state index is 16.9. The second-order valence-corrected chi connectivity index (χ2v) is 14.9. The second-order valence-electron chi connectivity index (χ2n) is 14.9. The lowest BCUT2D eigenvalue weighted by molar-refractivity contribution is -0.128. The molecule has 1 amide bonds. The van der Waals surface area contributed by atoms with Gasteiger partial charge in [-0.15, -0.1) is 0 Å². The van der Waals surface area contributed by atoms with E-state index in [2.05, 4.69) is 25.8 Å². The van der Waals surface area contributed by atoms with Crippen LogP contribution in [0.3, 0.4) is 0 Å². The third-order valence-electron chi connectivity index (χ3n) is 11.6. The van der Waals surface area contributed by atoms with Gasteiger partial charge in [0.25, 0.3) is 0 Å². The number of hydrogen-bond acceptors (Lipinski definition) is 10. The number of pyridine rings is 1. The third-order valence-corrected chi connectivity index (χ3v) is 11.6. The summed E-state index contributed by atoms with van der Waals surface area (Å²) in [7, 11) is 1.70. The molecule has 288 valence electrons. The van der Waals surface area contributed by atoms with Crippen molar-refractivity contribution in [1.29, 1.82) is 5.26 Å². The monoisotopic (exact) mass is 758 g/mol. The molecule has 4 saturated heterocycles. The van der Waals surface area contributed by atoms with Crippen LogP contribution in [0.4, 0.5) is 23.4 Å². The fourth-order valence-corrected chi connectivity index (χ4v) is 8.84. The SMILES string of the molecule is COC1CCN(C/C=C/C(=O)N2CCN(c3nc(OC[C@@]45CCCN4C[C@H](F)C5)nc4c(F)c(-c5cccc6ccc(F)c(F)c56)ncc34)C[C@@H]2CC#N)C1. The molecule has 0 bridgehead atoms. The molecule has 0 aliphatic carbocycles. The van der Waals surface area contributed by atoms with Crippen LogP contribution in [0.25, 0.3) is 32.9 Å². The number of methoxy groups -OCH3 is 1. The molecular formula is C40H42F4N8O3. The molecule has 4 fully saturated rings. The van der Waals surface area contributed by atoms with Crippen molar-refractivity contribution in [1.82, 2.24) is 29.7 Å². The highest BCUT2D eigenvalue weighted by molar-refractivity contribution is 5.99. The van der Waals surface area contributed by atoms with E-state index >= 15 is 8.78 Å². The van der Waals surface area contributed by atoms with Crippen LogP contribution in [0.15, 0.2) is 48.7 Å². The van der Waals surface area contributed by atoms with E-state index in [1.54, 1.807) is 30.2 Å². The Balaban J connectivity index is 1.13. The fourth-order valence-electron chi connectivity index (χ4n) is 8.84. The zero-order valence-corrected chi connectivity index (χ0v) is 30.6. The predicted molar refractivity (Wildman–Crippen MR) is 198 cm³/mol. The van der Waals surface area contributed by atoms with Gasteiger partial charge in [0.1, 0.15) is 29.8 Å². The zero-order chi connectivity index (χ0) is 38.3. The van der Waals surface area contributed by atoms with E-state index in [-0.39, 0.29) is 77.5 Å². The predicted octanol–water partition coefficient (Wildman–Crippen LogP) is 5.43. The van der Waals surface area contributed by atoms with Gasteiger partial charge in [0.05, 0.1) is 35.6 Å². The minimum atomic E-state index is -1.12. The number of aromatic nitrogens is 3. The summed E-state index contributed by atoms with van der Waals surface area (Å²) in [5, 5.41) is 10.3. The average molecular weight is 759 g/mol. The van der Waals surface area contributed by atoms with Crippen LogP contribution in [0, 0.1) is 28.8 Å². The van der Waals surface area contributed by atoms with Gasteiger partial charge in [-0.2, -0.15) is 15.2 Å². The summed E-state index contributed by atoms with van der Waals surface area (Å²) in [5.74, 6) is -2.99. The molecule has 0 saturated carbocycles. The second kappa shape index (κ2) is 15.3. The first-order valence-electron chi connectivity index (χ1n) is 18.8. The van der Waals surface area contributed by atoms with Crippen LogP contribution >= 0.6 is 0 Å². The van der Waals surface area contributed by atoms with Gasteiger partial charge in [-0.05, 0) is 37.3 Å². The van der Waals surface area contributed by atoms with Crippen molar-refractivity contribution in [3.8, 4) is 23.3 Å². The largest absolute Gasteiger partial charge is 0.461 e. The minimum Gasteiger partial charge on any atom is -0.461 e. The summed E-state index contributed by atoms with van der Waals surface area (Å²) in [4.78, 5) is 35.0. The molecule has 4 aliphatic rings. The molecule has 4 aromatic rings. The Morgan fingerprint density at radius 1 is 1.07 bits per heavy atom. The number of ether oxygens (including phenoxy) is 2. The van der Waals surface area contributed by atoms with Crippen molar-refractivity contribution in [3.05, 3.63) is 66.1 Å². The normalized spacial score (nSPS) is 24.7. The molecule has 55 heavy (non-hydrogen) atoms. The van der Waals surface area contributed by atoms with E-state index in [0.717, 1.165) is 45.0 Å². The molecule has 0 spiro atoms. The molecule has 4 aliphatic heterocycles. The number of carbonyl (C=O) groups is 1. The topological polar surface area (TPSA) is 111 Å². The molecular weight excluding hydrogens is 716 g/mol. The number of benzene rings is 2. The first kappa shape index (κ1) is 37.0. The highest BCUT2D eigenvalue weighted by atomic mass is 19.2. The number of piperazine rings is 1. The molecule has 2 aromatic carbocycles. The van der Waals surface area contributed by atoms with Gasteiger partial charge < -0.3 is 19.3 Å². The summed E-state index contributed by atoms with van der Waals surface area (Å²) in [5.41, 5.74) is -0.854. The lowest BCUT2D eigenvalue weighted by Crippen LogP contribution is -2.55. The van der Waals surface area contributed by atoms with Crippen LogP contribution in [0.5, 0.6) is 6.01 Å². The number of nitriles is 1. The number of carbonyl (C=O) groups excluding carboxylic acids is 1. The Bertz CT molecular complexity index is 2180. The lowest BCUT2D eigenvalue weighted by Gasteiger charge is -2.41. The van der Waals surface area contributed by atoms with Crippen molar-refractivity contribution in [2.75, 3.05) is 71.0 Å². The standard InChI is InChI=1S/C40H42F4N8O3/c1-54-28-11-16-49(23-28)14-3-7-32(53)52-18-17-50(22-27(52)10-13-45)38-30-20-46-36(29-6-2-5-25-8-9-31(42)34(43)33(25)29)35(44)37(30)47-39(48-38)55-24-40-12-4-15-51(40)21-26(41)19-40/h2-3,5-9,20,26-28H,4,10-12,14-19,21-24H2,1H3/b7-3+/t26-,27+,28?,40+/m1/s1. The van der Waals surface area contributed by atoms with Crippen molar-refractivity contribution >= 4 is 33.4 Å². The quantitative estimate of drug-likeness (QED) is 0.154. The number of anilines is 1. The fraction of sp³-hybridized carbons (Fsp3) is 0.475. The van der Waals surface area contributed by atoms with Gasteiger partial charge in [0, 0.05) is 82.6 Å². The van der Waals surface area contributed by atoms with Crippen LogP contribution in [-0.4, -0.2) is 125 Å². The Morgan fingerprint density at radius 2 is 1.95 bits per heavy atom. The van der Waals surface area contributed by atoms with E-state index in [9.17, 15) is 18.8 Å². The number of halogens is 4. The number of rotatable bonds is 10. The van der Waals surface area contributed by atoms with Crippen molar-refractivity contribution < 1.29 is 31.8 Å². The Kier molecular flexibility index (Phi) is 10.3. The first-order valence-corrected chi connectivity index (χ1v) is 18.8. The number of likely N-dealkylation sites (tertiary alicyclic amines) is 1. The Morgan fingerprint density at radius 3 is 2.76 bits per heavy atom. The molecule has 0 radical (unpaired) electrons. The molecule has 0 N–H and O–H groups in total. The smallest absolute Gasteiger partial charge is 0.319 e. The summed E-state index contributed by atoms with van der Waals surface area (Å²) in [6.45, 7) is 4.23. The number of hydrogen-bond donors (Lipinski definition) is 0. The Labute approximate surface area is 316 Å². The van der Waals surface area contributed by atoms with Gasteiger partial charge in [0.15, 0.2) is 17.5 Å². The summed E-state index contributed by atoms with van der Waals surface area (Å²) in [6, 6.07) is 8.69. The summed E-state index contributed by atoms with van der Waals surface area (Å²) < 4.78 is 72.8. The highest BCUT2D eigenvalue weighted by Gasteiger charge is 2.49. The highest BCUT2D eigenvalue weighted by Crippen LogP contribution is 2.41. The first-order chi connectivity index (χ1) is 26.7. The Hall–Kier alpha value is -4.91. The van der Waals surface area contributed by atoms with Gasteiger partial charge in [-0.3, -0.25) is 19.6 Å². The molecule has 11 nitrogen and oxygen atoms in total. The molecule has 15 heteroatoms. The number of fused-ring (bicyclic) bond motifs is 3. The van der Waals surface area contributed by atoms with Crippen LogP contribution in [0.1, 0.15) is 32.1 Å². The van der Waals surface area contributed by atoms with E-state index in [4.69, 9.17) is 14.5 Å². The van der Waals surface area contributed by atoms with Gasteiger partial charge >= 0.3 is 6.01 Å². The zero-order valence-electron chi connectivity index (χ0n) is 30.6. The lowest BCUT2D eigenvalue weighted by atomic mass is 9.95. The van der Waals surface area contributed by atoms with E-state index in [1.807, 2.05) is 11.0 Å². The van der Waals surface area contributed by atoms with Gasteiger partial charge in [-0.25, -0.2) is 17.6 Å². The molecule has 6 heterocycles. The minimum absolute atomic E-state index is 0.0484. The third kappa shape index (κ3) is 7.07. The maximum absolute atomic E-state index is 16.9. The van der Waals surface area contributed by atoms with E-state index in [0.29, 0.717) is 31.4 Å². The maximum Gasteiger partial charge on any atom is 0.319 e. The van der Waals surface area contributed by atoms with Gasteiger partial charge in [0.2, 0.25) is 5.91 Å². The van der Waals surface area contributed by atoms with Crippen molar-refractivity contribution in [3.63, 3.8) is 0 Å².